The summed E-state index contributed by atoms with van der Waals surface area (Å²) in [6.45, 7) is 6.16. The normalized spacial score (nSPS) is 18.4. The Balaban J connectivity index is 1.48. The smallest absolute Gasteiger partial charge is 0.239 e. The predicted octanol–water partition coefficient (Wildman–Crippen LogP) is 1.63. The Morgan fingerprint density at radius 3 is 3.12 bits per heavy atom. The van der Waals surface area contributed by atoms with E-state index in [0.717, 1.165) is 51.3 Å². The van der Waals surface area contributed by atoms with Gasteiger partial charge in [0.05, 0.1) is 12.7 Å². The first-order valence-electron chi connectivity index (χ1n) is 9.11. The standard InChI is InChI=1S/C17H27N7O/c1-2-3-9-24-16(6-7-19-24)21-17(25)12-22-8-4-5-15(10-22)11-23-14-18-13-20-23/h6-7,13-15H,2-5,8-12H2,1H3,(H,21,25). The number of nitrogens with zero attached hydrogens (tertiary/aromatic N) is 6. The molecule has 1 unspecified atom stereocenters. The lowest BCUT2D eigenvalue weighted by Gasteiger charge is -2.32. The van der Waals surface area contributed by atoms with E-state index in [1.165, 1.54) is 6.42 Å². The molecule has 1 aliphatic rings. The molecule has 1 atom stereocenters. The number of carbonyl (C=O) groups is 1. The molecule has 0 aliphatic carbocycles. The zero-order valence-corrected chi connectivity index (χ0v) is 14.8. The molecular formula is C17H27N7O. The summed E-state index contributed by atoms with van der Waals surface area (Å²) in [5.41, 5.74) is 0. The summed E-state index contributed by atoms with van der Waals surface area (Å²) in [6.07, 6.45) is 9.50. The zero-order valence-electron chi connectivity index (χ0n) is 14.8. The number of unbranched alkanes of at least 4 members (excludes halogenated alkanes) is 1. The highest BCUT2D eigenvalue weighted by molar-refractivity contribution is 5.91. The van der Waals surface area contributed by atoms with Crippen molar-refractivity contribution in [2.24, 2.45) is 5.92 Å². The number of carbonyl (C=O) groups excluding carboxylic acids is 1. The molecule has 2 aromatic heterocycles. The summed E-state index contributed by atoms with van der Waals surface area (Å²) >= 11 is 0. The van der Waals surface area contributed by atoms with Crippen molar-refractivity contribution >= 4 is 11.7 Å². The van der Waals surface area contributed by atoms with Crippen LogP contribution in [0.2, 0.25) is 0 Å². The lowest BCUT2D eigenvalue weighted by Crippen LogP contribution is -2.41. The van der Waals surface area contributed by atoms with Crippen LogP contribution in [0.1, 0.15) is 32.6 Å². The van der Waals surface area contributed by atoms with E-state index in [1.807, 2.05) is 15.4 Å². The van der Waals surface area contributed by atoms with E-state index in [4.69, 9.17) is 0 Å². The zero-order chi connectivity index (χ0) is 17.5. The van der Waals surface area contributed by atoms with Gasteiger partial charge in [0.1, 0.15) is 18.5 Å². The van der Waals surface area contributed by atoms with Crippen LogP contribution < -0.4 is 5.32 Å². The Bertz CT molecular complexity index is 652. The van der Waals surface area contributed by atoms with Gasteiger partial charge in [-0.15, -0.1) is 0 Å². The van der Waals surface area contributed by atoms with E-state index in [2.05, 4.69) is 32.3 Å². The maximum Gasteiger partial charge on any atom is 0.239 e. The maximum atomic E-state index is 12.4. The Morgan fingerprint density at radius 2 is 2.32 bits per heavy atom. The number of aromatic nitrogens is 5. The van der Waals surface area contributed by atoms with Crippen LogP contribution in [0.3, 0.4) is 0 Å². The number of amides is 1. The molecule has 1 fully saturated rings. The number of hydrogen-bond donors (Lipinski definition) is 1. The maximum absolute atomic E-state index is 12.4. The Labute approximate surface area is 148 Å². The summed E-state index contributed by atoms with van der Waals surface area (Å²) in [6, 6.07) is 1.86. The molecule has 3 rings (SSSR count). The second-order valence-electron chi connectivity index (χ2n) is 6.70. The third kappa shape index (κ3) is 5.12. The summed E-state index contributed by atoms with van der Waals surface area (Å²) in [7, 11) is 0. The van der Waals surface area contributed by atoms with Crippen LogP contribution in [0, 0.1) is 5.92 Å². The molecule has 2 aromatic rings. The van der Waals surface area contributed by atoms with Crippen molar-refractivity contribution in [3.8, 4) is 0 Å². The van der Waals surface area contributed by atoms with Crippen molar-refractivity contribution in [1.82, 2.24) is 29.4 Å². The van der Waals surface area contributed by atoms with Crippen LogP contribution in [0.15, 0.2) is 24.9 Å². The van der Waals surface area contributed by atoms with E-state index >= 15 is 0 Å². The first-order valence-corrected chi connectivity index (χ1v) is 9.11. The van der Waals surface area contributed by atoms with Gasteiger partial charge >= 0.3 is 0 Å². The lowest BCUT2D eigenvalue weighted by molar-refractivity contribution is -0.117. The van der Waals surface area contributed by atoms with Crippen LogP contribution >= 0.6 is 0 Å². The van der Waals surface area contributed by atoms with Gasteiger partial charge in [-0.2, -0.15) is 10.2 Å². The monoisotopic (exact) mass is 345 g/mol. The molecule has 0 aromatic carbocycles. The molecule has 8 heteroatoms. The average Bonchev–Trinajstić information content (AvgIpc) is 3.25. The van der Waals surface area contributed by atoms with Gasteiger partial charge < -0.3 is 5.32 Å². The molecule has 1 N–H and O–H groups in total. The predicted molar refractivity (Wildman–Crippen MR) is 95.0 cm³/mol. The molecule has 25 heavy (non-hydrogen) atoms. The van der Waals surface area contributed by atoms with Crippen LogP contribution in [-0.4, -0.2) is 55.0 Å². The van der Waals surface area contributed by atoms with Crippen molar-refractivity contribution in [2.75, 3.05) is 25.0 Å². The fourth-order valence-electron chi connectivity index (χ4n) is 3.35. The number of likely N-dealkylation sites (tertiary alicyclic amines) is 1. The van der Waals surface area contributed by atoms with Crippen molar-refractivity contribution in [1.29, 1.82) is 0 Å². The SMILES string of the molecule is CCCCn1nccc1NC(=O)CN1CCCC(Cn2cncn2)C1. The Kier molecular flexibility index (Phi) is 6.16. The molecule has 0 bridgehead atoms. The quantitative estimate of drug-likeness (QED) is 0.786. The Hall–Kier alpha value is -2.22. The fourth-order valence-corrected chi connectivity index (χ4v) is 3.35. The molecule has 3 heterocycles. The largest absolute Gasteiger partial charge is 0.310 e. The van der Waals surface area contributed by atoms with Crippen molar-refractivity contribution in [3.05, 3.63) is 24.9 Å². The van der Waals surface area contributed by atoms with E-state index in [0.29, 0.717) is 12.5 Å². The molecule has 0 saturated carbocycles. The molecule has 0 radical (unpaired) electrons. The van der Waals surface area contributed by atoms with Crippen LogP contribution in [0.4, 0.5) is 5.82 Å². The number of nitrogens with one attached hydrogen (secondary N) is 1. The van der Waals surface area contributed by atoms with Crippen LogP contribution in [0.25, 0.3) is 0 Å². The van der Waals surface area contributed by atoms with Crippen molar-refractivity contribution in [3.63, 3.8) is 0 Å². The highest BCUT2D eigenvalue weighted by Gasteiger charge is 2.22. The van der Waals surface area contributed by atoms with Gasteiger partial charge in [-0.1, -0.05) is 13.3 Å². The van der Waals surface area contributed by atoms with Gasteiger partial charge in [-0.3, -0.25) is 14.4 Å². The van der Waals surface area contributed by atoms with Crippen LogP contribution in [-0.2, 0) is 17.9 Å². The van der Waals surface area contributed by atoms with E-state index in [-0.39, 0.29) is 5.91 Å². The van der Waals surface area contributed by atoms with Crippen molar-refractivity contribution < 1.29 is 4.79 Å². The molecule has 1 saturated heterocycles. The van der Waals surface area contributed by atoms with Gasteiger partial charge in [0, 0.05) is 25.7 Å². The van der Waals surface area contributed by atoms with Gasteiger partial charge in [0.15, 0.2) is 0 Å². The minimum Gasteiger partial charge on any atom is -0.310 e. The number of rotatable bonds is 8. The third-order valence-corrected chi connectivity index (χ3v) is 4.59. The fraction of sp³-hybridized carbons (Fsp3) is 0.647. The van der Waals surface area contributed by atoms with Gasteiger partial charge in [0.25, 0.3) is 0 Å². The second kappa shape index (κ2) is 8.75. The number of anilines is 1. The van der Waals surface area contributed by atoms with Gasteiger partial charge in [0.2, 0.25) is 5.91 Å². The van der Waals surface area contributed by atoms with Gasteiger partial charge in [-0.05, 0) is 31.7 Å². The third-order valence-electron chi connectivity index (χ3n) is 4.59. The molecule has 0 spiro atoms. The Morgan fingerprint density at radius 1 is 1.40 bits per heavy atom. The van der Waals surface area contributed by atoms with Gasteiger partial charge in [-0.25, -0.2) is 9.67 Å². The highest BCUT2D eigenvalue weighted by atomic mass is 16.2. The summed E-state index contributed by atoms with van der Waals surface area (Å²) in [5, 5.41) is 11.5. The number of piperidine rings is 1. The first kappa shape index (κ1) is 17.6. The molecule has 1 amide bonds. The number of aryl methyl sites for hydroxylation is 1. The average molecular weight is 345 g/mol. The first-order chi connectivity index (χ1) is 12.2. The topological polar surface area (TPSA) is 80.9 Å². The summed E-state index contributed by atoms with van der Waals surface area (Å²) in [5.74, 6) is 1.33. The van der Waals surface area contributed by atoms with Crippen molar-refractivity contribution in [2.45, 2.75) is 45.7 Å². The molecular weight excluding hydrogens is 318 g/mol. The van der Waals surface area contributed by atoms with E-state index < -0.39 is 0 Å². The molecule has 1 aliphatic heterocycles. The second-order valence-corrected chi connectivity index (χ2v) is 6.70. The number of hydrogen-bond acceptors (Lipinski definition) is 5. The minimum absolute atomic E-state index is 0.0275. The summed E-state index contributed by atoms with van der Waals surface area (Å²) in [4.78, 5) is 18.6. The minimum atomic E-state index is 0.0275. The van der Waals surface area contributed by atoms with Crippen LogP contribution in [0.5, 0.6) is 0 Å². The molecule has 8 nitrogen and oxygen atoms in total. The van der Waals surface area contributed by atoms with E-state index in [1.54, 1.807) is 18.9 Å². The summed E-state index contributed by atoms with van der Waals surface area (Å²) < 4.78 is 3.74. The lowest BCUT2D eigenvalue weighted by atomic mass is 9.98. The molecule has 136 valence electrons. The van der Waals surface area contributed by atoms with E-state index in [9.17, 15) is 4.79 Å². The highest BCUT2D eigenvalue weighted by Crippen LogP contribution is 2.18.